The van der Waals surface area contributed by atoms with E-state index in [2.05, 4.69) is 4.98 Å². The number of fused-ring (bicyclic) bond motifs is 1. The number of hydrogen-bond donors (Lipinski definition) is 0. The van der Waals surface area contributed by atoms with Crippen molar-refractivity contribution in [3.63, 3.8) is 0 Å². The van der Waals surface area contributed by atoms with Gasteiger partial charge < -0.3 is 14.1 Å². The molecule has 150 valence electrons. The minimum absolute atomic E-state index is 0. The van der Waals surface area contributed by atoms with Gasteiger partial charge in [-0.15, -0.1) is 12.4 Å². The van der Waals surface area contributed by atoms with Crippen LogP contribution in [-0.2, 0) is 4.74 Å². The summed E-state index contributed by atoms with van der Waals surface area (Å²) in [6.07, 6.45) is 5.13. The second-order valence-electron chi connectivity index (χ2n) is 6.82. The Morgan fingerprint density at radius 3 is 2.76 bits per heavy atom. The smallest absolute Gasteiger partial charge is 0.338 e. The van der Waals surface area contributed by atoms with Crippen molar-refractivity contribution < 1.29 is 13.9 Å². The lowest BCUT2D eigenvalue weighted by atomic mass is 10.1. The highest BCUT2D eigenvalue weighted by molar-refractivity contribution is 5.90. The fourth-order valence-electron chi connectivity index (χ4n) is 3.01. The van der Waals surface area contributed by atoms with Gasteiger partial charge in [0.1, 0.15) is 12.9 Å². The molecule has 0 saturated heterocycles. The zero-order valence-electron chi connectivity index (χ0n) is 16.2. The van der Waals surface area contributed by atoms with Crippen LogP contribution >= 0.6 is 12.4 Å². The molecule has 0 unspecified atom stereocenters. The molecule has 2 heterocycles. The number of ether oxygens (including phenoxy) is 1. The Morgan fingerprint density at radius 2 is 2.00 bits per heavy atom. The van der Waals surface area contributed by atoms with Crippen LogP contribution in [0.2, 0.25) is 0 Å². The SMILES string of the molecule is CN(C)CCOC(=O)c1cccc(-n2cnc3cc(-c4ccoc4)ccc32)c1.Cl. The topological polar surface area (TPSA) is 60.5 Å². The van der Waals surface area contributed by atoms with Crippen LogP contribution in [0.3, 0.4) is 0 Å². The zero-order chi connectivity index (χ0) is 19.5. The van der Waals surface area contributed by atoms with E-state index in [-0.39, 0.29) is 18.4 Å². The van der Waals surface area contributed by atoms with E-state index in [9.17, 15) is 4.79 Å². The van der Waals surface area contributed by atoms with E-state index in [1.807, 2.05) is 66.0 Å². The molecule has 0 aliphatic carbocycles. The predicted molar refractivity (Wildman–Crippen MR) is 115 cm³/mol. The number of furan rings is 1. The largest absolute Gasteiger partial charge is 0.472 e. The lowest BCUT2D eigenvalue weighted by Crippen LogP contribution is -2.20. The summed E-state index contributed by atoms with van der Waals surface area (Å²) >= 11 is 0. The molecule has 0 aliphatic heterocycles. The lowest BCUT2D eigenvalue weighted by molar-refractivity contribution is 0.0482. The van der Waals surface area contributed by atoms with Gasteiger partial charge in [0.15, 0.2) is 0 Å². The van der Waals surface area contributed by atoms with Gasteiger partial charge in [-0.1, -0.05) is 12.1 Å². The fraction of sp³-hybridized carbons (Fsp3) is 0.182. The van der Waals surface area contributed by atoms with Gasteiger partial charge in [0, 0.05) is 17.8 Å². The average Bonchev–Trinajstić information content (AvgIpc) is 3.37. The number of esters is 1. The normalized spacial score (nSPS) is 10.9. The first-order chi connectivity index (χ1) is 13.6. The number of hydrogen-bond acceptors (Lipinski definition) is 5. The van der Waals surface area contributed by atoms with Crippen LogP contribution in [0.1, 0.15) is 10.4 Å². The highest BCUT2D eigenvalue weighted by atomic mass is 35.5. The van der Waals surface area contributed by atoms with Gasteiger partial charge in [-0.3, -0.25) is 4.57 Å². The van der Waals surface area contributed by atoms with E-state index in [0.717, 1.165) is 27.8 Å². The van der Waals surface area contributed by atoms with Crippen molar-refractivity contribution >= 4 is 29.4 Å². The van der Waals surface area contributed by atoms with Crippen LogP contribution < -0.4 is 0 Å². The van der Waals surface area contributed by atoms with Gasteiger partial charge in [0.05, 0.1) is 29.1 Å². The monoisotopic (exact) mass is 411 g/mol. The van der Waals surface area contributed by atoms with Gasteiger partial charge in [-0.25, -0.2) is 9.78 Å². The summed E-state index contributed by atoms with van der Waals surface area (Å²) in [5, 5.41) is 0. The molecule has 7 heteroatoms. The first kappa shape index (κ1) is 20.6. The zero-order valence-corrected chi connectivity index (χ0v) is 17.1. The van der Waals surface area contributed by atoms with Crippen LogP contribution in [0, 0.1) is 0 Å². The minimum Gasteiger partial charge on any atom is -0.472 e. The summed E-state index contributed by atoms with van der Waals surface area (Å²) in [6, 6.07) is 15.4. The molecular weight excluding hydrogens is 390 g/mol. The van der Waals surface area contributed by atoms with Crippen molar-refractivity contribution in [2.45, 2.75) is 0 Å². The number of rotatable bonds is 6. The maximum Gasteiger partial charge on any atom is 0.338 e. The van der Waals surface area contributed by atoms with Gasteiger partial charge in [-0.05, 0) is 56.1 Å². The molecule has 0 saturated carbocycles. The van der Waals surface area contributed by atoms with Crippen molar-refractivity contribution in [3.05, 3.63) is 72.9 Å². The average molecular weight is 412 g/mol. The summed E-state index contributed by atoms with van der Waals surface area (Å²) in [4.78, 5) is 18.8. The number of imidazole rings is 1. The van der Waals surface area contributed by atoms with E-state index in [4.69, 9.17) is 9.15 Å². The van der Waals surface area contributed by atoms with E-state index >= 15 is 0 Å². The molecule has 0 spiro atoms. The second-order valence-corrected chi connectivity index (χ2v) is 6.82. The molecule has 0 atom stereocenters. The molecule has 0 fully saturated rings. The summed E-state index contributed by atoms with van der Waals surface area (Å²) < 4.78 is 12.5. The molecule has 0 N–H and O–H groups in total. The Labute approximate surface area is 175 Å². The lowest BCUT2D eigenvalue weighted by Gasteiger charge is -2.11. The van der Waals surface area contributed by atoms with Crippen LogP contribution in [0.25, 0.3) is 27.8 Å². The molecule has 4 aromatic rings. The first-order valence-corrected chi connectivity index (χ1v) is 9.04. The van der Waals surface area contributed by atoms with Crippen LogP contribution in [0.15, 0.2) is 71.8 Å². The third kappa shape index (κ3) is 4.50. The molecular formula is C22H22ClN3O3. The van der Waals surface area contributed by atoms with Crippen molar-refractivity contribution in [2.24, 2.45) is 0 Å². The highest BCUT2D eigenvalue weighted by Gasteiger charge is 2.11. The molecule has 0 bridgehead atoms. The second kappa shape index (κ2) is 8.94. The van der Waals surface area contributed by atoms with E-state index in [1.54, 1.807) is 24.9 Å². The maximum absolute atomic E-state index is 12.3. The Morgan fingerprint density at radius 1 is 1.14 bits per heavy atom. The number of nitrogens with zero attached hydrogens (tertiary/aromatic N) is 3. The Hall–Kier alpha value is -3.09. The number of aromatic nitrogens is 2. The molecule has 2 aromatic heterocycles. The molecule has 29 heavy (non-hydrogen) atoms. The van der Waals surface area contributed by atoms with Crippen LogP contribution in [0.5, 0.6) is 0 Å². The molecule has 0 amide bonds. The van der Waals surface area contributed by atoms with Crippen LogP contribution in [0.4, 0.5) is 0 Å². The summed E-state index contributed by atoms with van der Waals surface area (Å²) in [7, 11) is 3.88. The summed E-state index contributed by atoms with van der Waals surface area (Å²) in [5.41, 5.74) is 5.28. The molecule has 2 aromatic carbocycles. The first-order valence-electron chi connectivity index (χ1n) is 9.04. The van der Waals surface area contributed by atoms with Gasteiger partial charge >= 0.3 is 5.97 Å². The Bertz CT molecular complexity index is 1100. The van der Waals surface area contributed by atoms with Gasteiger partial charge in [0.2, 0.25) is 0 Å². The molecule has 6 nitrogen and oxygen atoms in total. The number of benzene rings is 2. The van der Waals surface area contributed by atoms with Crippen molar-refractivity contribution in [1.29, 1.82) is 0 Å². The molecule has 0 aliphatic rings. The van der Waals surface area contributed by atoms with E-state index in [0.29, 0.717) is 18.7 Å². The van der Waals surface area contributed by atoms with Gasteiger partial charge in [-0.2, -0.15) is 0 Å². The summed E-state index contributed by atoms with van der Waals surface area (Å²) in [6.45, 7) is 1.05. The van der Waals surface area contributed by atoms with Gasteiger partial charge in [0.25, 0.3) is 0 Å². The number of carbonyl (C=O) groups is 1. The molecule has 0 radical (unpaired) electrons. The highest BCUT2D eigenvalue weighted by Crippen LogP contribution is 2.26. The fourth-order valence-corrected chi connectivity index (χ4v) is 3.01. The van der Waals surface area contributed by atoms with Crippen LogP contribution in [-0.4, -0.2) is 47.7 Å². The third-order valence-corrected chi connectivity index (χ3v) is 4.53. The van der Waals surface area contributed by atoms with Crippen molar-refractivity contribution in [2.75, 3.05) is 27.2 Å². The number of carbonyl (C=O) groups excluding carboxylic acids is 1. The van der Waals surface area contributed by atoms with E-state index < -0.39 is 0 Å². The molecule has 4 rings (SSSR count). The predicted octanol–water partition coefficient (Wildman–Crippen LogP) is 4.43. The maximum atomic E-state index is 12.3. The Balaban J connectivity index is 0.00000240. The standard InChI is InChI=1S/C22H21N3O3.ClH/c1-24(2)9-11-28-22(26)17-4-3-5-19(12-17)25-15-23-20-13-16(6-7-21(20)25)18-8-10-27-14-18;/h3-8,10,12-15H,9,11H2,1-2H3;1H. The minimum atomic E-state index is -0.324. The van der Waals surface area contributed by atoms with E-state index in [1.165, 1.54) is 0 Å². The number of likely N-dealkylation sites (N-methyl/N-ethyl adjacent to an activating group) is 1. The summed E-state index contributed by atoms with van der Waals surface area (Å²) in [5.74, 6) is -0.324. The third-order valence-electron chi connectivity index (χ3n) is 4.53. The van der Waals surface area contributed by atoms with Crippen molar-refractivity contribution in [3.8, 4) is 16.8 Å². The number of halogens is 1. The Kier molecular flexibility index (Phi) is 6.36. The quantitative estimate of drug-likeness (QED) is 0.439. The van der Waals surface area contributed by atoms with Crippen molar-refractivity contribution in [1.82, 2.24) is 14.5 Å².